The van der Waals surface area contributed by atoms with Gasteiger partial charge in [0.15, 0.2) is 0 Å². The molecule has 0 aliphatic carbocycles. The molecule has 0 unspecified atom stereocenters. The minimum Gasteiger partial charge on any atom is -0.481 e. The van der Waals surface area contributed by atoms with Crippen LogP contribution in [0.3, 0.4) is 0 Å². The quantitative estimate of drug-likeness (QED) is 0.691. The van der Waals surface area contributed by atoms with Crippen LogP contribution in [-0.2, 0) is 0 Å². The lowest BCUT2D eigenvalue weighted by Gasteiger charge is -2.02. The van der Waals surface area contributed by atoms with Gasteiger partial charge in [0.2, 0.25) is 5.82 Å². The van der Waals surface area contributed by atoms with Crippen LogP contribution in [0.2, 0.25) is 0 Å². The fourth-order valence-electron chi connectivity index (χ4n) is 1.90. The van der Waals surface area contributed by atoms with Gasteiger partial charge in [0, 0.05) is 23.0 Å². The van der Waals surface area contributed by atoms with Gasteiger partial charge < -0.3 is 9.26 Å². The van der Waals surface area contributed by atoms with Gasteiger partial charge in [-0.3, -0.25) is 4.98 Å². The van der Waals surface area contributed by atoms with Crippen molar-refractivity contribution in [3.63, 3.8) is 0 Å². The summed E-state index contributed by atoms with van der Waals surface area (Å²) in [5.41, 5.74) is 2.51. The Morgan fingerprint density at radius 3 is 2.91 bits per heavy atom. The maximum absolute atomic E-state index is 5.39. The van der Waals surface area contributed by atoms with E-state index >= 15 is 0 Å². The Morgan fingerprint density at radius 2 is 2.14 bits per heavy atom. The predicted octanol–water partition coefficient (Wildman–Crippen LogP) is 3.12. The third-order valence-corrected chi connectivity index (χ3v) is 3.00. The molecule has 0 N–H and O–H groups in total. The topological polar surface area (TPSA) is 61.0 Å². The smallest absolute Gasteiger partial charge is 0.258 e. The van der Waals surface area contributed by atoms with E-state index in [0.29, 0.717) is 17.5 Å². The lowest BCUT2D eigenvalue weighted by Crippen LogP contribution is -1.93. The number of ether oxygens (including phenoxy) is 1. The van der Waals surface area contributed by atoms with Gasteiger partial charge in [-0.05, 0) is 37.3 Å². The van der Waals surface area contributed by atoms with Gasteiger partial charge in [-0.15, -0.1) is 6.42 Å². The zero-order valence-electron chi connectivity index (χ0n) is 12.0. The highest BCUT2D eigenvalue weighted by atomic mass is 16.5. The standard InChI is InChI=1S/C17H13N3O2/c1-3-9-21-15-6-4-5-13(10-15)17-19-16(20-22-17)14-8-7-12(2)18-11-14/h1,4-8,10-11H,9H2,2H3. The highest BCUT2D eigenvalue weighted by Crippen LogP contribution is 2.25. The Bertz CT molecular complexity index is 816. The summed E-state index contributed by atoms with van der Waals surface area (Å²) in [6.45, 7) is 2.14. The molecule has 0 saturated heterocycles. The third kappa shape index (κ3) is 2.96. The Kier molecular flexibility index (Phi) is 3.84. The van der Waals surface area contributed by atoms with Gasteiger partial charge in [-0.25, -0.2) is 0 Å². The highest BCUT2D eigenvalue weighted by molar-refractivity contribution is 5.60. The van der Waals surface area contributed by atoms with Crippen LogP contribution in [0.4, 0.5) is 0 Å². The first kappa shape index (κ1) is 13.8. The number of nitrogens with zero attached hydrogens (tertiary/aromatic N) is 3. The molecular formula is C17H13N3O2. The molecule has 0 spiro atoms. The highest BCUT2D eigenvalue weighted by Gasteiger charge is 2.11. The number of aromatic nitrogens is 3. The molecule has 0 amide bonds. The maximum atomic E-state index is 5.39. The number of benzene rings is 1. The van der Waals surface area contributed by atoms with E-state index < -0.39 is 0 Å². The maximum Gasteiger partial charge on any atom is 0.258 e. The SMILES string of the molecule is C#CCOc1cccc(-c2nc(-c3ccc(C)nc3)no2)c1. The second kappa shape index (κ2) is 6.10. The van der Waals surface area contributed by atoms with Gasteiger partial charge >= 0.3 is 0 Å². The molecule has 3 aromatic rings. The summed E-state index contributed by atoms with van der Waals surface area (Å²) < 4.78 is 10.7. The summed E-state index contributed by atoms with van der Waals surface area (Å²) in [6, 6.07) is 11.2. The second-order valence-electron chi connectivity index (χ2n) is 4.63. The summed E-state index contributed by atoms with van der Waals surface area (Å²) in [7, 11) is 0. The minimum absolute atomic E-state index is 0.216. The van der Waals surface area contributed by atoms with Crippen molar-refractivity contribution < 1.29 is 9.26 Å². The molecule has 1 aromatic carbocycles. The number of pyridine rings is 1. The molecule has 5 heteroatoms. The van der Waals surface area contributed by atoms with Crippen molar-refractivity contribution in [3.05, 3.63) is 48.3 Å². The first-order valence-electron chi connectivity index (χ1n) is 6.70. The van der Waals surface area contributed by atoms with Gasteiger partial charge in [0.05, 0.1) is 0 Å². The fourth-order valence-corrected chi connectivity index (χ4v) is 1.90. The normalized spacial score (nSPS) is 10.2. The zero-order valence-corrected chi connectivity index (χ0v) is 12.0. The largest absolute Gasteiger partial charge is 0.481 e. The monoisotopic (exact) mass is 291 g/mol. The van der Waals surface area contributed by atoms with Crippen LogP contribution in [0.25, 0.3) is 22.8 Å². The molecule has 0 radical (unpaired) electrons. The van der Waals surface area contributed by atoms with E-state index in [0.717, 1.165) is 16.8 Å². The molecule has 2 heterocycles. The lowest BCUT2D eigenvalue weighted by atomic mass is 10.2. The van der Waals surface area contributed by atoms with Gasteiger partial charge in [-0.1, -0.05) is 17.1 Å². The van der Waals surface area contributed by atoms with E-state index in [1.807, 2.05) is 43.3 Å². The van der Waals surface area contributed by atoms with Crippen molar-refractivity contribution in [1.29, 1.82) is 0 Å². The van der Waals surface area contributed by atoms with E-state index in [1.165, 1.54) is 0 Å². The first-order chi connectivity index (χ1) is 10.8. The molecule has 5 nitrogen and oxygen atoms in total. The van der Waals surface area contributed by atoms with Crippen molar-refractivity contribution in [2.75, 3.05) is 6.61 Å². The van der Waals surface area contributed by atoms with Crippen molar-refractivity contribution in [2.45, 2.75) is 6.92 Å². The van der Waals surface area contributed by atoms with E-state index in [4.69, 9.17) is 15.7 Å². The number of terminal acetylenes is 1. The molecule has 22 heavy (non-hydrogen) atoms. The van der Waals surface area contributed by atoms with Crippen LogP contribution in [0.1, 0.15) is 5.69 Å². The van der Waals surface area contributed by atoms with Crippen LogP contribution < -0.4 is 4.74 Å². The molecule has 0 bridgehead atoms. The molecule has 0 fully saturated rings. The van der Waals surface area contributed by atoms with E-state index in [2.05, 4.69) is 21.0 Å². The molecule has 108 valence electrons. The molecule has 0 saturated carbocycles. The van der Waals surface area contributed by atoms with Gasteiger partial charge in [0.25, 0.3) is 5.89 Å². The Hall–Kier alpha value is -3.13. The fraction of sp³-hybridized carbons (Fsp3) is 0.118. The van der Waals surface area contributed by atoms with Crippen LogP contribution in [0.15, 0.2) is 47.1 Å². The Morgan fingerprint density at radius 1 is 1.23 bits per heavy atom. The molecular weight excluding hydrogens is 278 g/mol. The molecule has 0 aliphatic rings. The van der Waals surface area contributed by atoms with Gasteiger partial charge in [0.1, 0.15) is 12.4 Å². The van der Waals surface area contributed by atoms with Crippen molar-refractivity contribution in [2.24, 2.45) is 0 Å². The molecule has 3 rings (SSSR count). The lowest BCUT2D eigenvalue weighted by molar-refractivity contribution is 0.370. The number of hydrogen-bond acceptors (Lipinski definition) is 5. The molecule has 2 aromatic heterocycles. The summed E-state index contributed by atoms with van der Waals surface area (Å²) in [5, 5.41) is 3.99. The van der Waals surface area contributed by atoms with Crippen molar-refractivity contribution in [3.8, 4) is 40.9 Å². The Balaban J connectivity index is 1.87. The Labute approximate surface area is 128 Å². The first-order valence-corrected chi connectivity index (χ1v) is 6.70. The second-order valence-corrected chi connectivity index (χ2v) is 4.63. The summed E-state index contributed by atoms with van der Waals surface area (Å²) in [4.78, 5) is 8.61. The van der Waals surface area contributed by atoms with Crippen LogP contribution in [-0.4, -0.2) is 21.7 Å². The summed E-state index contributed by atoms with van der Waals surface area (Å²) >= 11 is 0. The van der Waals surface area contributed by atoms with Gasteiger partial charge in [-0.2, -0.15) is 4.98 Å². The molecule has 0 atom stereocenters. The van der Waals surface area contributed by atoms with Crippen molar-refractivity contribution in [1.82, 2.24) is 15.1 Å². The van der Waals surface area contributed by atoms with Crippen molar-refractivity contribution >= 4 is 0 Å². The minimum atomic E-state index is 0.216. The number of rotatable bonds is 4. The summed E-state index contributed by atoms with van der Waals surface area (Å²) in [6.07, 6.45) is 6.90. The van der Waals surface area contributed by atoms with Crippen LogP contribution in [0, 0.1) is 19.3 Å². The van der Waals surface area contributed by atoms with Crippen LogP contribution >= 0.6 is 0 Å². The zero-order chi connectivity index (χ0) is 15.4. The third-order valence-electron chi connectivity index (χ3n) is 3.00. The predicted molar refractivity (Wildman–Crippen MR) is 82.0 cm³/mol. The van der Waals surface area contributed by atoms with Crippen LogP contribution in [0.5, 0.6) is 5.75 Å². The molecule has 0 aliphatic heterocycles. The van der Waals surface area contributed by atoms with E-state index in [1.54, 1.807) is 6.20 Å². The van der Waals surface area contributed by atoms with E-state index in [-0.39, 0.29) is 6.61 Å². The summed E-state index contributed by atoms with van der Waals surface area (Å²) in [5.74, 6) is 4.00. The van der Waals surface area contributed by atoms with E-state index in [9.17, 15) is 0 Å². The number of aryl methyl sites for hydroxylation is 1. The average Bonchev–Trinajstić information content (AvgIpc) is 3.04. The average molecular weight is 291 g/mol. The number of hydrogen-bond donors (Lipinski definition) is 0.